The molecule has 5 aromatic rings. The van der Waals surface area contributed by atoms with Crippen LogP contribution in [0.1, 0.15) is 0 Å². The van der Waals surface area contributed by atoms with Crippen LogP contribution in [0.15, 0.2) is 72.9 Å². The lowest BCUT2D eigenvalue weighted by atomic mass is 9.97. The Morgan fingerprint density at radius 3 is 2.09 bits per heavy atom. The van der Waals surface area contributed by atoms with Crippen molar-refractivity contribution in [3.63, 3.8) is 0 Å². The molecule has 0 saturated heterocycles. The number of anilines is 2. The van der Waals surface area contributed by atoms with E-state index < -0.39 is 12.1 Å². The minimum atomic E-state index is -5.08. The molecule has 0 unspecified atom stereocenters. The molecule has 2 aromatic heterocycles. The lowest BCUT2D eigenvalue weighted by Crippen LogP contribution is -2.21. The van der Waals surface area contributed by atoms with Crippen molar-refractivity contribution in [1.82, 2.24) is 14.5 Å². The van der Waals surface area contributed by atoms with Crippen LogP contribution in [0.3, 0.4) is 0 Å². The Hall–Kier alpha value is -4.60. The smallest absolute Gasteiger partial charge is 0.475 e. The number of rotatable bonds is 2. The molecule has 0 bridgehead atoms. The van der Waals surface area contributed by atoms with Crippen LogP contribution in [-0.4, -0.2) is 31.8 Å². The van der Waals surface area contributed by atoms with Crippen LogP contribution in [0.2, 0.25) is 0 Å². The van der Waals surface area contributed by atoms with Gasteiger partial charge in [0.2, 0.25) is 5.95 Å². The highest BCUT2D eigenvalue weighted by Crippen LogP contribution is 2.37. The number of carbonyl (C=O) groups is 1. The van der Waals surface area contributed by atoms with E-state index >= 15 is 0 Å². The number of halogens is 3. The van der Waals surface area contributed by atoms with Crippen molar-refractivity contribution in [2.24, 2.45) is 7.05 Å². The van der Waals surface area contributed by atoms with Crippen LogP contribution < -0.4 is 11.5 Å². The third-order valence-electron chi connectivity index (χ3n) is 5.41. The molecule has 5 rings (SSSR count). The summed E-state index contributed by atoms with van der Waals surface area (Å²) < 4.78 is 33.8. The fourth-order valence-corrected chi connectivity index (χ4v) is 3.86. The normalized spacial score (nSPS) is 11.3. The molecule has 0 fully saturated rings. The van der Waals surface area contributed by atoms with E-state index in [-0.39, 0.29) is 5.95 Å². The van der Waals surface area contributed by atoms with E-state index in [0.717, 1.165) is 32.9 Å². The van der Waals surface area contributed by atoms with E-state index in [9.17, 15) is 13.2 Å². The van der Waals surface area contributed by atoms with Gasteiger partial charge in [-0.1, -0.05) is 54.6 Å². The van der Waals surface area contributed by atoms with Crippen molar-refractivity contribution in [2.75, 3.05) is 11.5 Å². The summed E-state index contributed by atoms with van der Waals surface area (Å²) in [6.45, 7) is 0. The summed E-state index contributed by atoms with van der Waals surface area (Å²) in [5.41, 5.74) is 18.4. The second-order valence-electron chi connectivity index (χ2n) is 7.72. The van der Waals surface area contributed by atoms with E-state index in [1.165, 1.54) is 11.1 Å². The number of aliphatic carboxylic acids is 1. The zero-order valence-electron chi connectivity index (χ0n) is 18.4. The Morgan fingerprint density at radius 1 is 0.914 bits per heavy atom. The van der Waals surface area contributed by atoms with E-state index in [0.29, 0.717) is 5.82 Å². The fourth-order valence-electron chi connectivity index (χ4n) is 3.86. The first-order chi connectivity index (χ1) is 16.6. The maximum Gasteiger partial charge on any atom is 0.490 e. The molecule has 0 radical (unpaired) electrons. The Morgan fingerprint density at radius 2 is 1.49 bits per heavy atom. The van der Waals surface area contributed by atoms with Crippen molar-refractivity contribution in [2.45, 2.75) is 6.18 Å². The van der Waals surface area contributed by atoms with Gasteiger partial charge in [0.15, 0.2) is 0 Å². The van der Waals surface area contributed by atoms with Gasteiger partial charge in [-0.25, -0.2) is 9.78 Å². The lowest BCUT2D eigenvalue weighted by molar-refractivity contribution is -0.192. The number of alkyl halides is 3. The van der Waals surface area contributed by atoms with E-state index in [4.69, 9.17) is 21.4 Å². The number of fused-ring (bicyclic) bond motifs is 3. The molecule has 35 heavy (non-hydrogen) atoms. The van der Waals surface area contributed by atoms with Crippen LogP contribution in [0.25, 0.3) is 44.1 Å². The molecule has 0 saturated carbocycles. The minimum absolute atomic E-state index is 0.186. The number of nitrogens with zero attached hydrogens (tertiary/aromatic N) is 3. The standard InChI is InChI=1S/C23H19N5.C2HF3O2/c1-28-12-11-17-20-19(26-23(25)27-22(20)24)13-18(21(17)28)16-9-7-15(8-10-16)14-5-3-2-4-6-14;3-2(4,5)1(6)7/h2-13H,1H3,(H4,24,25,26,27);(H,6,7). The van der Waals surface area contributed by atoms with Crippen molar-refractivity contribution in [3.05, 3.63) is 72.9 Å². The maximum absolute atomic E-state index is 10.6. The number of nitrogens with two attached hydrogens (primary N) is 2. The van der Waals surface area contributed by atoms with Crippen LogP contribution in [0, 0.1) is 0 Å². The second kappa shape index (κ2) is 8.98. The molecule has 0 amide bonds. The van der Waals surface area contributed by atoms with Gasteiger partial charge in [-0.3, -0.25) is 0 Å². The van der Waals surface area contributed by atoms with Crippen molar-refractivity contribution in [1.29, 1.82) is 0 Å². The third kappa shape index (κ3) is 4.72. The molecule has 0 aliphatic carbocycles. The van der Waals surface area contributed by atoms with Crippen molar-refractivity contribution >= 4 is 39.5 Å². The average Bonchev–Trinajstić information content (AvgIpc) is 3.20. The quantitative estimate of drug-likeness (QED) is 0.318. The number of carboxylic acid groups (broad SMARTS) is 1. The summed E-state index contributed by atoms with van der Waals surface area (Å²) in [4.78, 5) is 17.5. The number of benzene rings is 3. The molecular weight excluding hydrogens is 459 g/mol. The Bertz CT molecular complexity index is 1530. The number of aryl methyl sites for hydroxylation is 1. The predicted octanol–water partition coefficient (Wildman–Crippen LogP) is 5.25. The Kier molecular flexibility index (Phi) is 6.04. The van der Waals surface area contributed by atoms with Gasteiger partial charge >= 0.3 is 12.1 Å². The van der Waals surface area contributed by atoms with Gasteiger partial charge in [-0.15, -0.1) is 0 Å². The molecule has 3 aromatic carbocycles. The number of hydrogen-bond donors (Lipinski definition) is 3. The Balaban J connectivity index is 0.000000364. The van der Waals surface area contributed by atoms with Gasteiger partial charge < -0.3 is 21.1 Å². The van der Waals surface area contributed by atoms with Crippen LogP contribution in [-0.2, 0) is 11.8 Å². The number of nitrogen functional groups attached to an aromatic ring is 2. The summed E-state index contributed by atoms with van der Waals surface area (Å²) in [5.74, 6) is -2.16. The molecule has 178 valence electrons. The maximum atomic E-state index is 10.6. The van der Waals surface area contributed by atoms with Crippen LogP contribution in [0.5, 0.6) is 0 Å². The van der Waals surface area contributed by atoms with E-state index in [1.807, 2.05) is 25.4 Å². The van der Waals surface area contributed by atoms with Crippen LogP contribution in [0.4, 0.5) is 24.9 Å². The zero-order valence-corrected chi connectivity index (χ0v) is 18.4. The van der Waals surface area contributed by atoms with Gasteiger partial charge in [-0.2, -0.15) is 18.2 Å². The molecule has 2 heterocycles. The van der Waals surface area contributed by atoms with Gasteiger partial charge in [-0.05, 0) is 28.8 Å². The van der Waals surface area contributed by atoms with E-state index in [2.05, 4.69) is 69.1 Å². The summed E-state index contributed by atoms with van der Waals surface area (Å²) in [5, 5.41) is 8.99. The highest BCUT2D eigenvalue weighted by atomic mass is 19.4. The topological polar surface area (TPSA) is 120 Å². The molecule has 0 atom stereocenters. The van der Waals surface area contributed by atoms with Gasteiger partial charge in [0, 0.05) is 24.2 Å². The molecule has 5 N–H and O–H groups in total. The first kappa shape index (κ1) is 23.6. The van der Waals surface area contributed by atoms with Crippen molar-refractivity contribution < 1.29 is 23.1 Å². The van der Waals surface area contributed by atoms with Gasteiger partial charge in [0.1, 0.15) is 5.82 Å². The first-order valence-electron chi connectivity index (χ1n) is 10.3. The summed E-state index contributed by atoms with van der Waals surface area (Å²) >= 11 is 0. The molecule has 10 heteroatoms. The molecular formula is C25H20F3N5O2. The molecule has 0 spiro atoms. The third-order valence-corrected chi connectivity index (χ3v) is 5.41. The lowest BCUT2D eigenvalue weighted by Gasteiger charge is -2.12. The number of aromatic nitrogens is 3. The second-order valence-corrected chi connectivity index (χ2v) is 7.72. The number of hydrogen-bond acceptors (Lipinski definition) is 5. The molecule has 0 aliphatic rings. The SMILES string of the molecule is Cn1ccc2c3c(N)nc(N)nc3cc(-c3ccc(-c4ccccc4)cc3)c21.O=C(O)C(F)(F)F. The highest BCUT2D eigenvalue weighted by molar-refractivity contribution is 6.15. The fraction of sp³-hybridized carbons (Fsp3) is 0.0800. The summed E-state index contributed by atoms with van der Waals surface area (Å²) in [7, 11) is 2.03. The zero-order chi connectivity index (χ0) is 25.3. The largest absolute Gasteiger partial charge is 0.490 e. The number of carboxylic acids is 1. The van der Waals surface area contributed by atoms with E-state index in [1.54, 1.807) is 0 Å². The minimum Gasteiger partial charge on any atom is -0.475 e. The van der Waals surface area contributed by atoms with Gasteiger partial charge in [0.05, 0.1) is 16.4 Å². The predicted molar refractivity (Wildman–Crippen MR) is 129 cm³/mol. The summed E-state index contributed by atoms with van der Waals surface area (Å²) in [6.07, 6.45) is -3.05. The average molecular weight is 479 g/mol. The monoisotopic (exact) mass is 479 g/mol. The Labute approximate surface area is 197 Å². The first-order valence-corrected chi connectivity index (χ1v) is 10.3. The summed E-state index contributed by atoms with van der Waals surface area (Å²) in [6, 6.07) is 23.0. The van der Waals surface area contributed by atoms with Crippen molar-refractivity contribution in [3.8, 4) is 22.3 Å². The van der Waals surface area contributed by atoms with Gasteiger partial charge in [0.25, 0.3) is 0 Å². The highest BCUT2D eigenvalue weighted by Gasteiger charge is 2.38. The molecule has 0 aliphatic heterocycles. The molecule has 7 nitrogen and oxygen atoms in total. The van der Waals surface area contributed by atoms with Crippen LogP contribution >= 0.6 is 0 Å².